The third-order valence-corrected chi connectivity index (χ3v) is 8.77. The number of nitrogens with one attached hydrogen (secondary N) is 2. The molecule has 0 radical (unpaired) electrons. The summed E-state index contributed by atoms with van der Waals surface area (Å²) in [5, 5.41) is 6.15. The molecule has 13 heteroatoms. The summed E-state index contributed by atoms with van der Waals surface area (Å²) in [6.45, 7) is -0.203. The van der Waals surface area contributed by atoms with Crippen LogP contribution in [0.15, 0.2) is 90.1 Å². The van der Waals surface area contributed by atoms with E-state index in [4.69, 9.17) is 4.74 Å². The molecule has 0 aliphatic carbocycles. The number of carbonyl (C=O) groups is 3. The predicted molar refractivity (Wildman–Crippen MR) is 154 cm³/mol. The monoisotopic (exact) mass is 588 g/mol. The van der Waals surface area contributed by atoms with Gasteiger partial charge in [-0.05, 0) is 48.5 Å². The van der Waals surface area contributed by atoms with E-state index in [1.165, 1.54) is 36.4 Å². The predicted octanol–water partition coefficient (Wildman–Crippen LogP) is 2.64. The molecule has 1 saturated heterocycles. The van der Waals surface area contributed by atoms with Crippen LogP contribution in [-0.4, -0.2) is 78.3 Å². The van der Waals surface area contributed by atoms with E-state index in [1.807, 2.05) is 0 Å². The molecular formula is C29H28N6O6S. The van der Waals surface area contributed by atoms with Crippen LogP contribution in [0.3, 0.4) is 0 Å². The normalized spacial score (nSPS) is 15.6. The van der Waals surface area contributed by atoms with Crippen molar-refractivity contribution in [3.63, 3.8) is 0 Å². The van der Waals surface area contributed by atoms with E-state index in [0.717, 1.165) is 4.31 Å². The number of amides is 3. The van der Waals surface area contributed by atoms with E-state index in [2.05, 4.69) is 20.6 Å². The fourth-order valence-corrected chi connectivity index (χ4v) is 6.41. The van der Waals surface area contributed by atoms with E-state index >= 15 is 0 Å². The number of sulfonamides is 1. The van der Waals surface area contributed by atoms with Gasteiger partial charge in [-0.1, -0.05) is 24.3 Å². The summed E-state index contributed by atoms with van der Waals surface area (Å²) >= 11 is 0. The zero-order valence-corrected chi connectivity index (χ0v) is 23.5. The minimum Gasteiger partial charge on any atom is -0.465 e. The van der Waals surface area contributed by atoms with Gasteiger partial charge in [0.2, 0.25) is 15.9 Å². The number of ether oxygens (including phenoxy) is 1. The Labute approximate surface area is 242 Å². The molecular weight excluding hydrogens is 560 g/mol. The molecule has 0 bridgehead atoms. The SMILES string of the molecule is COC(=O)c1ccc(NC(=O)N2CCN(S(=O)(=O)c3cccc4cccnc34)C(C(=O)NCc3ccccn3)C2)cc1. The van der Waals surface area contributed by atoms with Crippen molar-refractivity contribution in [1.29, 1.82) is 0 Å². The van der Waals surface area contributed by atoms with Crippen LogP contribution in [0.4, 0.5) is 10.5 Å². The summed E-state index contributed by atoms with van der Waals surface area (Å²) in [6.07, 6.45) is 3.11. The third-order valence-electron chi connectivity index (χ3n) is 6.83. The molecule has 1 atom stereocenters. The number of urea groups is 1. The molecule has 0 saturated carbocycles. The molecule has 2 aromatic carbocycles. The highest BCUT2D eigenvalue weighted by Crippen LogP contribution is 2.27. The van der Waals surface area contributed by atoms with E-state index in [0.29, 0.717) is 27.8 Å². The third kappa shape index (κ3) is 6.06. The summed E-state index contributed by atoms with van der Waals surface area (Å²) < 4.78 is 33.8. The Morgan fingerprint density at radius 1 is 0.929 bits per heavy atom. The quantitative estimate of drug-likeness (QED) is 0.313. The molecule has 3 heterocycles. The number of hydrogen-bond donors (Lipinski definition) is 2. The highest BCUT2D eigenvalue weighted by molar-refractivity contribution is 7.89. The number of esters is 1. The maximum Gasteiger partial charge on any atom is 0.337 e. The number of benzene rings is 2. The Balaban J connectivity index is 1.39. The second-order valence-electron chi connectivity index (χ2n) is 9.45. The van der Waals surface area contributed by atoms with Crippen molar-refractivity contribution >= 4 is 44.5 Å². The van der Waals surface area contributed by atoms with E-state index in [-0.39, 0.29) is 31.1 Å². The van der Waals surface area contributed by atoms with Crippen molar-refractivity contribution in [2.75, 3.05) is 32.1 Å². The molecule has 2 aromatic heterocycles. The average Bonchev–Trinajstić information content (AvgIpc) is 3.03. The number of carbonyl (C=O) groups excluding carboxylic acids is 3. The highest BCUT2D eigenvalue weighted by Gasteiger charge is 2.42. The summed E-state index contributed by atoms with van der Waals surface area (Å²) in [5.41, 5.74) is 1.63. The molecule has 4 aromatic rings. The summed E-state index contributed by atoms with van der Waals surface area (Å²) in [5.74, 6) is -1.08. The molecule has 1 aliphatic rings. The zero-order valence-electron chi connectivity index (χ0n) is 22.6. The lowest BCUT2D eigenvalue weighted by Gasteiger charge is -2.39. The lowest BCUT2D eigenvalue weighted by atomic mass is 10.2. The van der Waals surface area contributed by atoms with Gasteiger partial charge in [0.25, 0.3) is 0 Å². The maximum atomic E-state index is 14.0. The smallest absolute Gasteiger partial charge is 0.337 e. The number of piperazine rings is 1. The highest BCUT2D eigenvalue weighted by atomic mass is 32.2. The second kappa shape index (κ2) is 12.3. The number of hydrogen-bond acceptors (Lipinski definition) is 8. The number of anilines is 1. The van der Waals surface area contributed by atoms with Crippen LogP contribution in [0.25, 0.3) is 10.9 Å². The lowest BCUT2D eigenvalue weighted by molar-refractivity contribution is -0.126. The molecule has 5 rings (SSSR count). The number of methoxy groups -OCH3 is 1. The van der Waals surface area contributed by atoms with Gasteiger partial charge < -0.3 is 20.3 Å². The molecule has 12 nitrogen and oxygen atoms in total. The van der Waals surface area contributed by atoms with E-state index in [1.54, 1.807) is 60.8 Å². The van der Waals surface area contributed by atoms with Gasteiger partial charge >= 0.3 is 12.0 Å². The van der Waals surface area contributed by atoms with Crippen molar-refractivity contribution in [3.05, 3.63) is 96.4 Å². The zero-order chi connectivity index (χ0) is 29.7. The van der Waals surface area contributed by atoms with Crippen LogP contribution in [0.2, 0.25) is 0 Å². The molecule has 0 spiro atoms. The van der Waals surface area contributed by atoms with Crippen molar-refractivity contribution in [2.45, 2.75) is 17.5 Å². The van der Waals surface area contributed by atoms with Crippen LogP contribution in [0, 0.1) is 0 Å². The summed E-state index contributed by atoms with van der Waals surface area (Å²) in [7, 11) is -2.92. The first kappa shape index (κ1) is 28.6. The maximum absolute atomic E-state index is 14.0. The summed E-state index contributed by atoms with van der Waals surface area (Å²) in [4.78, 5) is 48.3. The number of para-hydroxylation sites is 1. The van der Waals surface area contributed by atoms with Gasteiger partial charge in [-0.2, -0.15) is 4.31 Å². The Bertz CT molecular complexity index is 1710. The van der Waals surface area contributed by atoms with Crippen LogP contribution in [0.5, 0.6) is 0 Å². The molecule has 1 aliphatic heterocycles. The van der Waals surface area contributed by atoms with Gasteiger partial charge in [-0.25, -0.2) is 18.0 Å². The Morgan fingerprint density at radius 3 is 2.43 bits per heavy atom. The van der Waals surface area contributed by atoms with Crippen LogP contribution in [0.1, 0.15) is 16.1 Å². The van der Waals surface area contributed by atoms with Crippen LogP contribution < -0.4 is 10.6 Å². The molecule has 1 fully saturated rings. The first-order chi connectivity index (χ1) is 20.3. The van der Waals surface area contributed by atoms with Gasteiger partial charge in [0.1, 0.15) is 10.9 Å². The number of fused-ring (bicyclic) bond motifs is 1. The minimum absolute atomic E-state index is 0.0216. The van der Waals surface area contributed by atoms with E-state index < -0.39 is 34.0 Å². The molecule has 42 heavy (non-hydrogen) atoms. The first-order valence-corrected chi connectivity index (χ1v) is 14.5. The Morgan fingerprint density at radius 2 is 1.69 bits per heavy atom. The lowest BCUT2D eigenvalue weighted by Crippen LogP contribution is -2.61. The fourth-order valence-electron chi connectivity index (χ4n) is 4.67. The van der Waals surface area contributed by atoms with Crippen molar-refractivity contribution < 1.29 is 27.5 Å². The van der Waals surface area contributed by atoms with Crippen molar-refractivity contribution in [1.82, 2.24) is 24.5 Å². The van der Waals surface area contributed by atoms with Gasteiger partial charge in [0.15, 0.2) is 0 Å². The van der Waals surface area contributed by atoms with Crippen LogP contribution >= 0.6 is 0 Å². The Kier molecular flexibility index (Phi) is 8.41. The number of aromatic nitrogens is 2. The van der Waals surface area contributed by atoms with Crippen molar-refractivity contribution in [3.8, 4) is 0 Å². The summed E-state index contributed by atoms with van der Waals surface area (Å²) in [6, 6.07) is 18.0. The number of pyridine rings is 2. The van der Waals surface area contributed by atoms with Gasteiger partial charge in [0, 0.05) is 43.1 Å². The number of rotatable bonds is 7. The largest absolute Gasteiger partial charge is 0.465 e. The molecule has 3 amide bonds. The van der Waals surface area contributed by atoms with Gasteiger partial charge in [-0.3, -0.25) is 14.8 Å². The topological polar surface area (TPSA) is 151 Å². The van der Waals surface area contributed by atoms with Crippen molar-refractivity contribution in [2.24, 2.45) is 0 Å². The van der Waals surface area contributed by atoms with Crippen LogP contribution in [-0.2, 0) is 26.1 Å². The average molecular weight is 589 g/mol. The van der Waals surface area contributed by atoms with Gasteiger partial charge in [0.05, 0.1) is 30.4 Å². The molecule has 216 valence electrons. The number of nitrogens with zero attached hydrogens (tertiary/aromatic N) is 4. The molecule has 1 unspecified atom stereocenters. The minimum atomic E-state index is -4.20. The Hall–Kier alpha value is -4.88. The second-order valence-corrected chi connectivity index (χ2v) is 11.3. The standard InChI is InChI=1S/C29H28N6O6S/c1-41-28(37)21-10-12-22(13-11-21)33-29(38)34-16-17-35(24(19-34)27(36)32-18-23-8-2-3-14-30-23)42(39,40)25-9-4-6-20-7-5-15-31-26(20)25/h2-15,24H,16-19H2,1H3,(H,32,36)(H,33,38). The van der Waals surface area contributed by atoms with Gasteiger partial charge in [-0.15, -0.1) is 0 Å². The fraction of sp³-hybridized carbons (Fsp3) is 0.207. The first-order valence-electron chi connectivity index (χ1n) is 13.1. The van der Waals surface area contributed by atoms with E-state index in [9.17, 15) is 22.8 Å². The molecule has 2 N–H and O–H groups in total.